The van der Waals surface area contributed by atoms with Crippen molar-refractivity contribution in [3.8, 4) is 0 Å². The van der Waals surface area contributed by atoms with Gasteiger partial charge >= 0.3 is 17.4 Å². The highest BCUT2D eigenvalue weighted by atomic mass is 16.5. The van der Waals surface area contributed by atoms with E-state index in [2.05, 4.69) is 4.42 Å². The van der Waals surface area contributed by atoms with E-state index in [4.69, 9.17) is 4.74 Å². The fourth-order valence-corrected chi connectivity index (χ4v) is 1.66. The molecule has 6 nitrogen and oxygen atoms in total. The highest BCUT2D eigenvalue weighted by Crippen LogP contribution is 2.06. The van der Waals surface area contributed by atoms with Gasteiger partial charge in [0.25, 0.3) is 0 Å². The molecule has 94 valence electrons. The Balaban J connectivity index is 2.46. The lowest BCUT2D eigenvalue weighted by Gasteiger charge is -2.07. The number of aromatic nitrogens is 1. The van der Waals surface area contributed by atoms with Crippen molar-refractivity contribution in [3.05, 3.63) is 45.2 Å². The quantitative estimate of drug-likeness (QED) is 0.741. The number of esters is 1. The number of nitrogens with zero attached hydrogens (tertiary/aromatic N) is 1. The lowest BCUT2D eigenvalue weighted by molar-refractivity contribution is -0.141. The molecule has 6 heteroatoms. The molecule has 0 bridgehead atoms. The molecule has 0 aliphatic heterocycles. The Morgan fingerprint density at radius 3 is 2.78 bits per heavy atom. The van der Waals surface area contributed by atoms with Crippen molar-refractivity contribution in [2.24, 2.45) is 0 Å². The third-order valence-corrected chi connectivity index (χ3v) is 2.44. The van der Waals surface area contributed by atoms with E-state index in [9.17, 15) is 14.4 Å². The van der Waals surface area contributed by atoms with E-state index in [1.807, 2.05) is 0 Å². The smallest absolute Gasteiger partial charge is 0.422 e. The van der Waals surface area contributed by atoms with Crippen LogP contribution in [-0.4, -0.2) is 17.1 Å². The predicted octanol–water partition coefficient (Wildman–Crippen LogP) is 0.518. The van der Waals surface area contributed by atoms with Crippen molar-refractivity contribution in [3.63, 3.8) is 0 Å². The normalized spacial score (nSPS) is 10.5. The van der Waals surface area contributed by atoms with Crippen LogP contribution in [0.25, 0.3) is 10.9 Å². The van der Waals surface area contributed by atoms with Gasteiger partial charge in [-0.25, -0.2) is 9.59 Å². The second-order valence-corrected chi connectivity index (χ2v) is 3.66. The van der Waals surface area contributed by atoms with Gasteiger partial charge in [-0.05, 0) is 12.1 Å². The van der Waals surface area contributed by atoms with Gasteiger partial charge in [0.15, 0.2) is 0 Å². The van der Waals surface area contributed by atoms with E-state index in [-0.39, 0.29) is 13.2 Å². The summed E-state index contributed by atoms with van der Waals surface area (Å²) in [6.45, 7) is 1.47. The Hall–Kier alpha value is -2.37. The van der Waals surface area contributed by atoms with Crippen LogP contribution in [0.4, 0.5) is 0 Å². The van der Waals surface area contributed by atoms with Gasteiger partial charge in [0.1, 0.15) is 6.61 Å². The van der Waals surface area contributed by atoms with Crippen LogP contribution < -0.4 is 11.4 Å². The molecule has 2 aromatic rings. The van der Waals surface area contributed by atoms with Crippen molar-refractivity contribution in [2.75, 3.05) is 6.61 Å². The summed E-state index contributed by atoms with van der Waals surface area (Å²) in [5.41, 5.74) is -0.203. The molecule has 0 aliphatic rings. The SMILES string of the molecule is CC(=O)OCCn1c(=O)oc(=O)c2ccccc21. The summed E-state index contributed by atoms with van der Waals surface area (Å²) in [6, 6.07) is 6.61. The van der Waals surface area contributed by atoms with E-state index in [1.165, 1.54) is 11.5 Å². The first kappa shape index (κ1) is 12.1. The molecule has 0 spiro atoms. The number of fused-ring (bicyclic) bond motifs is 1. The zero-order chi connectivity index (χ0) is 13.1. The predicted molar refractivity (Wildman–Crippen MR) is 63.4 cm³/mol. The summed E-state index contributed by atoms with van der Waals surface area (Å²) >= 11 is 0. The first-order valence-electron chi connectivity index (χ1n) is 5.35. The zero-order valence-corrected chi connectivity index (χ0v) is 9.71. The van der Waals surface area contributed by atoms with Gasteiger partial charge < -0.3 is 9.15 Å². The summed E-state index contributed by atoms with van der Waals surface area (Å²) < 4.78 is 10.6. The number of ether oxygens (including phenoxy) is 1. The van der Waals surface area contributed by atoms with Gasteiger partial charge in [0, 0.05) is 6.92 Å². The minimum absolute atomic E-state index is 0.0486. The van der Waals surface area contributed by atoms with Gasteiger partial charge in [-0.2, -0.15) is 0 Å². The molecule has 0 fully saturated rings. The van der Waals surface area contributed by atoms with Crippen molar-refractivity contribution >= 4 is 16.9 Å². The Morgan fingerprint density at radius 2 is 2.06 bits per heavy atom. The number of benzene rings is 1. The van der Waals surface area contributed by atoms with Crippen LogP contribution in [0.5, 0.6) is 0 Å². The van der Waals surface area contributed by atoms with Gasteiger partial charge in [0.05, 0.1) is 17.4 Å². The van der Waals surface area contributed by atoms with Crippen LogP contribution >= 0.6 is 0 Å². The summed E-state index contributed by atoms with van der Waals surface area (Å²) in [7, 11) is 0. The largest absolute Gasteiger partial charge is 0.464 e. The molecule has 0 saturated heterocycles. The lowest BCUT2D eigenvalue weighted by atomic mass is 10.2. The number of carbonyl (C=O) groups is 1. The number of carbonyl (C=O) groups excluding carboxylic acids is 1. The minimum Gasteiger partial charge on any atom is -0.464 e. The number of hydrogen-bond donors (Lipinski definition) is 0. The third-order valence-electron chi connectivity index (χ3n) is 2.44. The first-order valence-corrected chi connectivity index (χ1v) is 5.35. The molecular formula is C12H11NO5. The second kappa shape index (κ2) is 4.87. The zero-order valence-electron chi connectivity index (χ0n) is 9.71. The molecule has 0 saturated carbocycles. The average Bonchev–Trinajstić information content (AvgIpc) is 2.33. The van der Waals surface area contributed by atoms with Crippen molar-refractivity contribution in [2.45, 2.75) is 13.5 Å². The Labute approximate surface area is 101 Å². The van der Waals surface area contributed by atoms with E-state index in [0.717, 1.165) is 0 Å². The number of rotatable bonds is 3. The van der Waals surface area contributed by atoms with Crippen LogP contribution in [0, 0.1) is 0 Å². The first-order chi connectivity index (χ1) is 8.59. The van der Waals surface area contributed by atoms with Crippen molar-refractivity contribution in [1.29, 1.82) is 0 Å². The van der Waals surface area contributed by atoms with E-state index >= 15 is 0 Å². The van der Waals surface area contributed by atoms with Crippen LogP contribution in [0.2, 0.25) is 0 Å². The summed E-state index contributed by atoms with van der Waals surface area (Å²) in [5.74, 6) is -1.18. The topological polar surface area (TPSA) is 78.5 Å². The molecule has 1 heterocycles. The van der Waals surface area contributed by atoms with Gasteiger partial charge in [-0.15, -0.1) is 0 Å². The van der Waals surface area contributed by atoms with Gasteiger partial charge in [-0.3, -0.25) is 9.36 Å². The molecular weight excluding hydrogens is 238 g/mol. The van der Waals surface area contributed by atoms with Crippen LogP contribution in [0.3, 0.4) is 0 Å². The molecule has 1 aromatic heterocycles. The number of para-hydroxylation sites is 1. The fourth-order valence-electron chi connectivity index (χ4n) is 1.66. The second-order valence-electron chi connectivity index (χ2n) is 3.66. The third kappa shape index (κ3) is 2.32. The monoisotopic (exact) mass is 249 g/mol. The van der Waals surface area contributed by atoms with Crippen LogP contribution in [-0.2, 0) is 16.1 Å². The number of hydrogen-bond acceptors (Lipinski definition) is 5. The fraction of sp³-hybridized carbons (Fsp3) is 0.250. The molecule has 18 heavy (non-hydrogen) atoms. The Bertz CT molecular complexity index is 697. The van der Waals surface area contributed by atoms with E-state index < -0.39 is 17.4 Å². The summed E-state index contributed by atoms with van der Waals surface area (Å²) in [6.07, 6.45) is 0. The molecule has 0 N–H and O–H groups in total. The molecule has 0 radical (unpaired) electrons. The van der Waals surface area contributed by atoms with E-state index in [1.54, 1.807) is 24.3 Å². The molecule has 0 unspecified atom stereocenters. The molecule has 1 aromatic carbocycles. The molecule has 2 rings (SSSR count). The maximum Gasteiger partial charge on any atom is 0.422 e. The maximum atomic E-state index is 11.6. The van der Waals surface area contributed by atoms with E-state index in [0.29, 0.717) is 10.9 Å². The molecule has 0 atom stereocenters. The highest BCUT2D eigenvalue weighted by Gasteiger charge is 2.08. The summed E-state index contributed by atoms with van der Waals surface area (Å²) in [4.78, 5) is 33.7. The highest BCUT2D eigenvalue weighted by molar-refractivity contribution is 5.77. The standard InChI is InChI=1S/C12H11NO5/c1-8(14)17-7-6-13-10-5-3-2-4-9(10)11(15)18-12(13)16/h2-5H,6-7H2,1H3. The van der Waals surface area contributed by atoms with Gasteiger partial charge in [0.2, 0.25) is 0 Å². The minimum atomic E-state index is -0.758. The van der Waals surface area contributed by atoms with Gasteiger partial charge in [-0.1, -0.05) is 12.1 Å². The average molecular weight is 249 g/mol. The van der Waals surface area contributed by atoms with Crippen molar-refractivity contribution in [1.82, 2.24) is 4.57 Å². The summed E-state index contributed by atoms with van der Waals surface area (Å²) in [5, 5.41) is 0.319. The molecule has 0 aliphatic carbocycles. The van der Waals surface area contributed by atoms with Crippen LogP contribution in [0.1, 0.15) is 6.92 Å². The van der Waals surface area contributed by atoms with Crippen LogP contribution in [0.15, 0.2) is 38.3 Å². The lowest BCUT2D eigenvalue weighted by Crippen LogP contribution is -2.27. The van der Waals surface area contributed by atoms with Crippen molar-refractivity contribution < 1.29 is 13.9 Å². The maximum absolute atomic E-state index is 11.6. The molecule has 0 amide bonds. The Kier molecular flexibility index (Phi) is 3.27. The Morgan fingerprint density at radius 1 is 1.33 bits per heavy atom.